The number of para-hydroxylation sites is 1. The first kappa shape index (κ1) is 29.8. The van der Waals surface area contributed by atoms with Gasteiger partial charge in [0.05, 0.1) is 15.9 Å². The number of fused-ring (bicyclic) bond motifs is 2. The average molecular weight is 650 g/mol. The van der Waals surface area contributed by atoms with Crippen LogP contribution in [-0.2, 0) is 0 Å². The third-order valence-electron chi connectivity index (χ3n) is 10.1. The van der Waals surface area contributed by atoms with Gasteiger partial charge in [-0.25, -0.2) is 0 Å². The minimum absolute atomic E-state index is 0.104. The Morgan fingerprint density at radius 2 is 0.878 bits per heavy atom. The summed E-state index contributed by atoms with van der Waals surface area (Å²) in [4.78, 5) is 84.8. The minimum Gasteiger partial charge on any atom is -0.343 e. The lowest BCUT2D eigenvalue weighted by molar-refractivity contribution is -0.385. The Hall–Kier alpha value is -6.62. The first-order chi connectivity index (χ1) is 23.6. The van der Waals surface area contributed by atoms with Gasteiger partial charge in [0.1, 0.15) is 5.41 Å². The maximum atomic E-state index is 15.3. The van der Waals surface area contributed by atoms with Crippen molar-refractivity contribution in [3.05, 3.63) is 181 Å². The summed E-state index contributed by atoms with van der Waals surface area (Å²) in [6.45, 7) is 0. The van der Waals surface area contributed by atoms with E-state index in [1.54, 1.807) is 59.5 Å². The summed E-state index contributed by atoms with van der Waals surface area (Å²) in [5.41, 5.74) is -3.68. The molecule has 11 heteroatoms. The van der Waals surface area contributed by atoms with Gasteiger partial charge in [-0.05, 0) is 23.3 Å². The normalized spacial score (nSPS) is 19.8. The fraction of sp³-hybridized carbons (Fsp3) is 0.105. The first-order valence-corrected chi connectivity index (χ1v) is 15.4. The largest absolute Gasteiger partial charge is 0.343 e. The number of hydrogen-bond donors (Lipinski definition) is 0. The number of nitrogens with zero attached hydrogens (tertiary/aromatic N) is 3. The van der Waals surface area contributed by atoms with Gasteiger partial charge in [0.25, 0.3) is 11.4 Å². The molecule has 3 aliphatic rings. The van der Waals surface area contributed by atoms with Crippen LogP contribution in [0.5, 0.6) is 0 Å². The van der Waals surface area contributed by atoms with Crippen molar-refractivity contribution in [1.29, 1.82) is 0 Å². The van der Waals surface area contributed by atoms with Crippen LogP contribution in [-0.4, -0.2) is 38.5 Å². The standard InChI is InChI=1S/C38H23N3O8/c42-33-27-10-4-5-11-28(27)34(43)37(33)31(22-14-18-25(19-15-22)40(46)47)38(35(44)29-12-6-7-13-30(29)36(38)45)39(24-8-2-1-3-9-24)32(37)23-16-20-26(21-17-23)41(48)49/h1-21,31-32H/t31-,32-/m0/s1. The van der Waals surface area contributed by atoms with Crippen molar-refractivity contribution in [1.82, 2.24) is 0 Å². The molecule has 1 saturated heterocycles. The zero-order chi connectivity index (χ0) is 34.2. The summed E-state index contributed by atoms with van der Waals surface area (Å²) >= 11 is 0. The number of rotatable bonds is 5. The molecule has 0 bridgehead atoms. The number of nitro groups is 2. The molecule has 2 spiro atoms. The maximum absolute atomic E-state index is 15.3. The summed E-state index contributed by atoms with van der Waals surface area (Å²) in [7, 11) is 0. The summed E-state index contributed by atoms with van der Waals surface area (Å²) in [5, 5.41) is 23.4. The number of ketones is 4. The van der Waals surface area contributed by atoms with Gasteiger partial charge in [0, 0.05) is 58.1 Å². The monoisotopic (exact) mass is 649 g/mol. The number of hydrogen-bond acceptors (Lipinski definition) is 9. The highest BCUT2D eigenvalue weighted by Gasteiger charge is 2.81. The molecule has 2 aliphatic carbocycles. The minimum atomic E-state index is -2.24. The molecule has 0 unspecified atom stereocenters. The molecule has 1 aliphatic heterocycles. The predicted molar refractivity (Wildman–Crippen MR) is 176 cm³/mol. The van der Waals surface area contributed by atoms with Crippen LogP contribution in [0.3, 0.4) is 0 Å². The quantitative estimate of drug-likeness (QED) is 0.114. The fourth-order valence-corrected chi connectivity index (χ4v) is 8.27. The Morgan fingerprint density at radius 1 is 0.490 bits per heavy atom. The van der Waals surface area contributed by atoms with Crippen molar-refractivity contribution >= 4 is 40.2 Å². The second-order valence-corrected chi connectivity index (χ2v) is 12.3. The topological polar surface area (TPSA) is 158 Å². The van der Waals surface area contributed by atoms with Crippen LogP contribution in [0.2, 0.25) is 0 Å². The van der Waals surface area contributed by atoms with Crippen LogP contribution in [0.4, 0.5) is 17.1 Å². The van der Waals surface area contributed by atoms with Gasteiger partial charge >= 0.3 is 0 Å². The van der Waals surface area contributed by atoms with E-state index < -0.39 is 55.9 Å². The molecule has 2 atom stereocenters. The SMILES string of the molecule is O=C1c2ccccc2C(=O)C12[C@H](c1ccc([N+](=O)[O-])cc1)N(c1ccccc1)C1(C(=O)c3ccccc3C1=O)[C@H]2c1ccc([N+](=O)[O-])cc1. The number of carbonyl (C=O) groups is 4. The second-order valence-electron chi connectivity index (χ2n) is 12.3. The van der Waals surface area contributed by atoms with Crippen LogP contribution < -0.4 is 4.90 Å². The van der Waals surface area contributed by atoms with Crippen LogP contribution >= 0.6 is 0 Å². The van der Waals surface area contributed by atoms with E-state index in [0.29, 0.717) is 5.69 Å². The maximum Gasteiger partial charge on any atom is 0.269 e. The molecular weight excluding hydrogens is 626 g/mol. The van der Waals surface area contributed by atoms with Crippen LogP contribution in [0.15, 0.2) is 127 Å². The zero-order valence-corrected chi connectivity index (χ0v) is 25.4. The van der Waals surface area contributed by atoms with E-state index in [1.807, 2.05) is 0 Å². The van der Waals surface area contributed by atoms with Gasteiger partial charge in [0.2, 0.25) is 0 Å². The van der Waals surface area contributed by atoms with E-state index in [9.17, 15) is 20.2 Å². The highest BCUT2D eigenvalue weighted by atomic mass is 16.6. The van der Waals surface area contributed by atoms with Crippen molar-refractivity contribution in [2.75, 3.05) is 4.90 Å². The smallest absolute Gasteiger partial charge is 0.269 e. The molecule has 0 amide bonds. The highest BCUT2D eigenvalue weighted by Crippen LogP contribution is 2.69. The van der Waals surface area contributed by atoms with E-state index in [0.717, 1.165) is 0 Å². The molecule has 11 nitrogen and oxygen atoms in total. The van der Waals surface area contributed by atoms with Gasteiger partial charge in [0.15, 0.2) is 28.7 Å². The van der Waals surface area contributed by atoms with Crippen molar-refractivity contribution in [3.63, 3.8) is 0 Å². The molecule has 5 aromatic rings. The van der Waals surface area contributed by atoms with Crippen molar-refractivity contribution in [2.24, 2.45) is 5.41 Å². The molecule has 0 saturated carbocycles. The number of carbonyl (C=O) groups excluding carboxylic acids is 4. The van der Waals surface area contributed by atoms with Gasteiger partial charge in [-0.1, -0.05) is 91.0 Å². The third-order valence-corrected chi connectivity index (χ3v) is 10.1. The molecule has 0 N–H and O–H groups in total. The van der Waals surface area contributed by atoms with E-state index in [1.165, 1.54) is 72.8 Å². The lowest BCUT2D eigenvalue weighted by Gasteiger charge is -2.40. The van der Waals surface area contributed by atoms with Gasteiger partial charge in [-0.3, -0.25) is 39.4 Å². The molecule has 0 aromatic heterocycles. The Labute approximate surface area is 277 Å². The molecule has 8 rings (SSSR count). The number of benzene rings is 5. The number of anilines is 1. The molecule has 1 fully saturated rings. The molecular formula is C38H23N3O8. The lowest BCUT2D eigenvalue weighted by Crippen LogP contribution is -2.57. The molecule has 1 heterocycles. The summed E-state index contributed by atoms with van der Waals surface area (Å²) < 4.78 is 0. The van der Waals surface area contributed by atoms with Gasteiger partial charge in [-0.2, -0.15) is 0 Å². The Kier molecular flexibility index (Phi) is 6.34. The third kappa shape index (κ3) is 3.72. The Bertz CT molecular complexity index is 2210. The summed E-state index contributed by atoms with van der Waals surface area (Å²) in [5.74, 6) is -4.04. The van der Waals surface area contributed by atoms with Crippen molar-refractivity contribution < 1.29 is 29.0 Å². The molecule has 49 heavy (non-hydrogen) atoms. The van der Waals surface area contributed by atoms with Gasteiger partial charge < -0.3 is 4.90 Å². The number of nitro benzene ring substituents is 2. The average Bonchev–Trinajstić information content (AvgIpc) is 3.63. The molecule has 238 valence electrons. The fourth-order valence-electron chi connectivity index (χ4n) is 8.27. The highest BCUT2D eigenvalue weighted by molar-refractivity contribution is 6.39. The van der Waals surface area contributed by atoms with E-state index in [-0.39, 0.29) is 44.8 Å². The zero-order valence-electron chi connectivity index (χ0n) is 25.4. The number of non-ortho nitro benzene ring substituents is 2. The van der Waals surface area contributed by atoms with E-state index in [4.69, 9.17) is 0 Å². The van der Waals surface area contributed by atoms with Crippen LogP contribution in [0, 0.1) is 25.6 Å². The summed E-state index contributed by atoms with van der Waals surface area (Å²) in [6.07, 6.45) is 0. The van der Waals surface area contributed by atoms with Crippen LogP contribution in [0.1, 0.15) is 64.5 Å². The van der Waals surface area contributed by atoms with Crippen molar-refractivity contribution in [2.45, 2.75) is 17.5 Å². The van der Waals surface area contributed by atoms with E-state index >= 15 is 19.2 Å². The Balaban J connectivity index is 1.55. The Morgan fingerprint density at radius 3 is 1.31 bits per heavy atom. The second kappa shape index (κ2) is 10.4. The molecule has 0 radical (unpaired) electrons. The number of Topliss-reactive ketones (excluding diaryl/α,β-unsaturated/α-hetero) is 4. The van der Waals surface area contributed by atoms with Crippen LogP contribution in [0.25, 0.3) is 0 Å². The first-order valence-electron chi connectivity index (χ1n) is 15.4. The van der Waals surface area contributed by atoms with Crippen molar-refractivity contribution in [3.8, 4) is 0 Å². The predicted octanol–water partition coefficient (Wildman–Crippen LogP) is 6.73. The molecule has 5 aromatic carbocycles. The summed E-state index contributed by atoms with van der Waals surface area (Å²) in [6, 6.07) is 30.3. The van der Waals surface area contributed by atoms with Gasteiger partial charge in [-0.15, -0.1) is 0 Å². The lowest BCUT2D eigenvalue weighted by atomic mass is 9.60. The van der Waals surface area contributed by atoms with E-state index in [2.05, 4.69) is 0 Å².